The molecule has 1 rings (SSSR count). The van der Waals surface area contributed by atoms with E-state index in [0.717, 1.165) is 6.92 Å². The zero-order valence-electron chi connectivity index (χ0n) is 9.52. The van der Waals surface area contributed by atoms with Gasteiger partial charge in [0, 0.05) is 15.7 Å². The van der Waals surface area contributed by atoms with Gasteiger partial charge in [0.15, 0.2) is 5.60 Å². The van der Waals surface area contributed by atoms with Gasteiger partial charge in [-0.2, -0.15) is 0 Å². The Balaban J connectivity index is 2.87. The number of nitrogens with one attached hydrogen (secondary N) is 1. The molecule has 0 saturated heterocycles. The van der Waals surface area contributed by atoms with Crippen molar-refractivity contribution >= 4 is 34.8 Å². The standard InChI is InChI=1S/C11H13Cl2NO4/c1-11(18,9(16)5-15)10(17)14-8-3-6(12)2-7(13)4-8/h2-4,9,15-16,18H,5H2,1H3,(H,14,17)/t9-,11?/m1/s1. The second kappa shape index (κ2) is 5.86. The van der Waals surface area contributed by atoms with E-state index in [4.69, 9.17) is 28.3 Å². The molecule has 0 aliphatic carbocycles. The van der Waals surface area contributed by atoms with Crippen LogP contribution in [0, 0.1) is 0 Å². The molecular weight excluding hydrogens is 281 g/mol. The van der Waals surface area contributed by atoms with Crippen LogP contribution in [0.15, 0.2) is 18.2 Å². The van der Waals surface area contributed by atoms with Crippen molar-refractivity contribution in [2.45, 2.75) is 18.6 Å². The van der Waals surface area contributed by atoms with Gasteiger partial charge in [-0.05, 0) is 25.1 Å². The van der Waals surface area contributed by atoms with Crippen molar-refractivity contribution in [2.24, 2.45) is 0 Å². The number of aliphatic hydroxyl groups is 3. The fourth-order valence-corrected chi connectivity index (χ4v) is 1.74. The van der Waals surface area contributed by atoms with Crippen LogP contribution in [0.2, 0.25) is 10.0 Å². The zero-order valence-corrected chi connectivity index (χ0v) is 11.0. The van der Waals surface area contributed by atoms with E-state index in [1.807, 2.05) is 0 Å². The van der Waals surface area contributed by atoms with Gasteiger partial charge in [-0.15, -0.1) is 0 Å². The molecule has 0 aliphatic heterocycles. The second-order valence-electron chi connectivity index (χ2n) is 3.96. The van der Waals surface area contributed by atoms with Gasteiger partial charge in [-0.25, -0.2) is 0 Å². The van der Waals surface area contributed by atoms with Gasteiger partial charge in [0.05, 0.1) is 6.61 Å². The molecule has 100 valence electrons. The number of hydrogen-bond acceptors (Lipinski definition) is 4. The molecule has 0 bridgehead atoms. The van der Waals surface area contributed by atoms with E-state index in [9.17, 15) is 15.0 Å². The molecule has 1 amide bonds. The van der Waals surface area contributed by atoms with Crippen molar-refractivity contribution in [3.05, 3.63) is 28.2 Å². The highest BCUT2D eigenvalue weighted by Gasteiger charge is 2.38. The molecule has 1 aromatic carbocycles. The molecule has 0 saturated carbocycles. The summed E-state index contributed by atoms with van der Waals surface area (Å²) in [4.78, 5) is 11.7. The Morgan fingerprint density at radius 1 is 1.39 bits per heavy atom. The smallest absolute Gasteiger partial charge is 0.258 e. The summed E-state index contributed by atoms with van der Waals surface area (Å²) in [5.74, 6) is -0.873. The lowest BCUT2D eigenvalue weighted by molar-refractivity contribution is -0.147. The first-order chi connectivity index (χ1) is 8.27. The summed E-state index contributed by atoms with van der Waals surface area (Å²) < 4.78 is 0. The molecule has 0 aromatic heterocycles. The summed E-state index contributed by atoms with van der Waals surface area (Å²) in [5, 5.41) is 30.8. The maximum absolute atomic E-state index is 11.7. The van der Waals surface area contributed by atoms with E-state index in [0.29, 0.717) is 10.0 Å². The number of carbonyl (C=O) groups is 1. The number of carbonyl (C=O) groups excluding carboxylic acids is 1. The van der Waals surface area contributed by atoms with Gasteiger partial charge in [-0.3, -0.25) is 4.79 Å². The van der Waals surface area contributed by atoms with Gasteiger partial charge in [0.1, 0.15) is 6.10 Å². The molecule has 0 heterocycles. The highest BCUT2D eigenvalue weighted by molar-refractivity contribution is 6.35. The topological polar surface area (TPSA) is 89.8 Å². The van der Waals surface area contributed by atoms with Crippen LogP contribution in [0.4, 0.5) is 5.69 Å². The predicted octanol–water partition coefficient (Wildman–Crippen LogP) is 1.04. The van der Waals surface area contributed by atoms with Crippen LogP contribution in [-0.4, -0.2) is 39.5 Å². The first-order valence-corrected chi connectivity index (χ1v) is 5.82. The van der Waals surface area contributed by atoms with E-state index in [-0.39, 0.29) is 5.69 Å². The summed E-state index contributed by atoms with van der Waals surface area (Å²) >= 11 is 11.5. The molecule has 1 unspecified atom stereocenters. The summed E-state index contributed by atoms with van der Waals surface area (Å²) in [6, 6.07) is 4.36. The molecule has 2 atom stereocenters. The SMILES string of the molecule is CC(O)(C(=O)Nc1cc(Cl)cc(Cl)c1)[C@H](O)CO. The Morgan fingerprint density at radius 3 is 2.33 bits per heavy atom. The number of halogens is 2. The third-order valence-electron chi connectivity index (χ3n) is 2.40. The summed E-state index contributed by atoms with van der Waals surface area (Å²) in [6.07, 6.45) is -1.59. The number of benzene rings is 1. The number of aliphatic hydroxyl groups excluding tert-OH is 2. The van der Waals surface area contributed by atoms with E-state index in [1.165, 1.54) is 18.2 Å². The fourth-order valence-electron chi connectivity index (χ4n) is 1.21. The van der Waals surface area contributed by atoms with E-state index < -0.39 is 24.2 Å². The van der Waals surface area contributed by atoms with Crippen LogP contribution in [0.5, 0.6) is 0 Å². The third-order valence-corrected chi connectivity index (χ3v) is 2.84. The molecule has 4 N–H and O–H groups in total. The van der Waals surface area contributed by atoms with Crippen molar-refractivity contribution in [1.82, 2.24) is 0 Å². The number of amides is 1. The van der Waals surface area contributed by atoms with E-state index in [1.54, 1.807) is 0 Å². The quantitative estimate of drug-likeness (QED) is 0.668. The van der Waals surface area contributed by atoms with Crippen LogP contribution in [0.1, 0.15) is 6.92 Å². The summed E-state index contributed by atoms with van der Waals surface area (Å²) in [6.45, 7) is 0.353. The lowest BCUT2D eigenvalue weighted by atomic mass is 9.98. The minimum absolute atomic E-state index is 0.280. The Labute approximate surface area is 114 Å². The van der Waals surface area contributed by atoms with E-state index >= 15 is 0 Å². The first kappa shape index (κ1) is 15.2. The van der Waals surface area contributed by atoms with Crippen LogP contribution in [0.3, 0.4) is 0 Å². The summed E-state index contributed by atoms with van der Waals surface area (Å²) in [7, 11) is 0. The largest absolute Gasteiger partial charge is 0.394 e. The average molecular weight is 294 g/mol. The second-order valence-corrected chi connectivity index (χ2v) is 4.83. The van der Waals surface area contributed by atoms with Crippen LogP contribution in [-0.2, 0) is 4.79 Å². The van der Waals surface area contributed by atoms with Gasteiger partial charge < -0.3 is 20.6 Å². The minimum atomic E-state index is -2.12. The van der Waals surface area contributed by atoms with Gasteiger partial charge in [-0.1, -0.05) is 23.2 Å². The lowest BCUT2D eigenvalue weighted by Gasteiger charge is -2.26. The molecule has 18 heavy (non-hydrogen) atoms. The number of anilines is 1. The van der Waals surface area contributed by atoms with Crippen molar-refractivity contribution in [3.8, 4) is 0 Å². The van der Waals surface area contributed by atoms with Crippen molar-refractivity contribution in [2.75, 3.05) is 11.9 Å². The molecule has 0 spiro atoms. The van der Waals surface area contributed by atoms with Crippen molar-refractivity contribution < 1.29 is 20.1 Å². The number of hydrogen-bond donors (Lipinski definition) is 4. The maximum atomic E-state index is 11.7. The molecule has 0 fully saturated rings. The Bertz CT molecular complexity index is 430. The first-order valence-electron chi connectivity index (χ1n) is 5.06. The minimum Gasteiger partial charge on any atom is -0.394 e. The van der Waals surface area contributed by atoms with E-state index in [2.05, 4.69) is 5.32 Å². The maximum Gasteiger partial charge on any atom is 0.258 e. The van der Waals surface area contributed by atoms with Crippen molar-refractivity contribution in [1.29, 1.82) is 0 Å². The molecule has 0 radical (unpaired) electrons. The molecular formula is C11H13Cl2NO4. The summed E-state index contributed by atoms with van der Waals surface area (Å²) in [5.41, 5.74) is -1.84. The predicted molar refractivity (Wildman–Crippen MR) is 68.8 cm³/mol. The zero-order chi connectivity index (χ0) is 13.9. The highest BCUT2D eigenvalue weighted by Crippen LogP contribution is 2.23. The van der Waals surface area contributed by atoms with Crippen molar-refractivity contribution in [3.63, 3.8) is 0 Å². The molecule has 5 nitrogen and oxygen atoms in total. The van der Waals surface area contributed by atoms with Gasteiger partial charge in [0.25, 0.3) is 5.91 Å². The van der Waals surface area contributed by atoms with Crippen LogP contribution >= 0.6 is 23.2 Å². The molecule has 7 heteroatoms. The Morgan fingerprint density at radius 2 is 1.89 bits per heavy atom. The van der Waals surface area contributed by atoms with Gasteiger partial charge in [0.2, 0.25) is 0 Å². The molecule has 1 aromatic rings. The normalized spacial score (nSPS) is 15.9. The number of rotatable bonds is 4. The van der Waals surface area contributed by atoms with Gasteiger partial charge >= 0.3 is 0 Å². The fraction of sp³-hybridized carbons (Fsp3) is 0.364. The highest BCUT2D eigenvalue weighted by atomic mass is 35.5. The third kappa shape index (κ3) is 3.57. The Hall–Kier alpha value is -0.850. The molecule has 0 aliphatic rings. The lowest BCUT2D eigenvalue weighted by Crippen LogP contribution is -2.51. The Kier molecular flexibility index (Phi) is 4.95. The van der Waals surface area contributed by atoms with Crippen LogP contribution < -0.4 is 5.32 Å². The monoisotopic (exact) mass is 293 g/mol. The average Bonchev–Trinajstić information content (AvgIpc) is 2.26. The van der Waals surface area contributed by atoms with Crippen LogP contribution in [0.25, 0.3) is 0 Å².